The summed E-state index contributed by atoms with van der Waals surface area (Å²) in [4.78, 5) is -1.37. The average molecular weight is 330 g/mol. The Kier molecular flexibility index (Phi) is 3.76. The fourth-order valence-electron chi connectivity index (χ4n) is 1.92. The molecule has 0 unspecified atom stereocenters. The van der Waals surface area contributed by atoms with E-state index < -0.39 is 35.8 Å². The van der Waals surface area contributed by atoms with Gasteiger partial charge in [0, 0.05) is 11.1 Å². The molecule has 0 atom stereocenters. The molecule has 0 spiro atoms. The van der Waals surface area contributed by atoms with Crippen molar-refractivity contribution in [2.24, 2.45) is 0 Å². The summed E-state index contributed by atoms with van der Waals surface area (Å²) in [5.41, 5.74) is -0.408. The Balaban J connectivity index is 2.92. The first-order valence-corrected chi connectivity index (χ1v) is 8.37. The molecule has 0 amide bonds. The Morgan fingerprint density at radius 2 is 1.29 bits per heavy atom. The molecular formula is C12H10O7S2. The first-order valence-electron chi connectivity index (χ1n) is 5.49. The SMILES string of the molecule is O=S(=O)(O)c1ccccc1-c1cccc(O)c1S(=O)(=O)O. The normalized spacial score (nSPS) is 12.3. The zero-order valence-electron chi connectivity index (χ0n) is 10.3. The van der Waals surface area contributed by atoms with Crippen LogP contribution in [0.3, 0.4) is 0 Å². The summed E-state index contributed by atoms with van der Waals surface area (Å²) in [6.45, 7) is 0. The molecule has 2 rings (SSSR count). The Labute approximate surface area is 121 Å². The monoisotopic (exact) mass is 330 g/mol. The predicted molar refractivity (Wildman–Crippen MR) is 73.2 cm³/mol. The molecule has 9 heteroatoms. The van der Waals surface area contributed by atoms with Gasteiger partial charge in [0.25, 0.3) is 20.2 Å². The van der Waals surface area contributed by atoms with Gasteiger partial charge < -0.3 is 5.11 Å². The largest absolute Gasteiger partial charge is 0.506 e. The van der Waals surface area contributed by atoms with Crippen molar-refractivity contribution in [3.63, 3.8) is 0 Å². The maximum absolute atomic E-state index is 11.4. The summed E-state index contributed by atoms with van der Waals surface area (Å²) >= 11 is 0. The second-order valence-corrected chi connectivity index (χ2v) is 6.85. The first kappa shape index (κ1) is 15.4. The summed E-state index contributed by atoms with van der Waals surface area (Å²) < 4.78 is 63.9. The summed E-state index contributed by atoms with van der Waals surface area (Å²) in [6, 6.07) is 8.58. The van der Waals surface area contributed by atoms with Crippen LogP contribution in [0.25, 0.3) is 11.1 Å². The molecule has 3 N–H and O–H groups in total. The zero-order valence-corrected chi connectivity index (χ0v) is 12.0. The number of hydrogen-bond acceptors (Lipinski definition) is 5. The van der Waals surface area contributed by atoms with E-state index in [0.717, 1.165) is 12.1 Å². The van der Waals surface area contributed by atoms with Crippen LogP contribution >= 0.6 is 0 Å². The van der Waals surface area contributed by atoms with Gasteiger partial charge in [0.2, 0.25) is 0 Å². The predicted octanol–water partition coefficient (Wildman–Crippen LogP) is 1.55. The summed E-state index contributed by atoms with van der Waals surface area (Å²) in [6.07, 6.45) is 0. The Hall–Kier alpha value is -1.94. The molecule has 0 bridgehead atoms. The van der Waals surface area contributed by atoms with Crippen molar-refractivity contribution in [2.45, 2.75) is 9.79 Å². The lowest BCUT2D eigenvalue weighted by molar-refractivity contribution is 0.443. The lowest BCUT2D eigenvalue weighted by atomic mass is 10.1. The van der Waals surface area contributed by atoms with Crippen LogP contribution in [0, 0.1) is 0 Å². The third-order valence-corrected chi connectivity index (χ3v) is 4.56. The topological polar surface area (TPSA) is 129 Å². The summed E-state index contributed by atoms with van der Waals surface area (Å²) in [5, 5.41) is 9.63. The maximum Gasteiger partial charge on any atom is 0.298 e. The third-order valence-electron chi connectivity index (χ3n) is 2.71. The Morgan fingerprint density at radius 1 is 0.714 bits per heavy atom. The Bertz CT molecular complexity index is 899. The van der Waals surface area contributed by atoms with Gasteiger partial charge in [-0.3, -0.25) is 9.11 Å². The van der Waals surface area contributed by atoms with Crippen molar-refractivity contribution in [1.82, 2.24) is 0 Å². The van der Waals surface area contributed by atoms with Crippen LogP contribution in [0.15, 0.2) is 52.3 Å². The highest BCUT2D eigenvalue weighted by atomic mass is 32.2. The van der Waals surface area contributed by atoms with Crippen LogP contribution in [0.1, 0.15) is 0 Å². The highest BCUT2D eigenvalue weighted by Crippen LogP contribution is 2.36. The molecule has 21 heavy (non-hydrogen) atoms. The second-order valence-electron chi connectivity index (χ2n) is 4.10. The van der Waals surface area contributed by atoms with Crippen molar-refractivity contribution in [2.75, 3.05) is 0 Å². The van der Waals surface area contributed by atoms with Crippen molar-refractivity contribution < 1.29 is 31.0 Å². The van der Waals surface area contributed by atoms with Gasteiger partial charge in [-0.05, 0) is 12.1 Å². The fraction of sp³-hybridized carbons (Fsp3) is 0. The molecule has 2 aromatic carbocycles. The van der Waals surface area contributed by atoms with Crippen LogP contribution in [-0.4, -0.2) is 31.0 Å². The zero-order chi connectivity index (χ0) is 15.8. The number of hydrogen-bond donors (Lipinski definition) is 3. The molecule has 7 nitrogen and oxygen atoms in total. The van der Waals surface area contributed by atoms with Crippen LogP contribution in [0.2, 0.25) is 0 Å². The molecule has 112 valence electrons. The van der Waals surface area contributed by atoms with E-state index in [1.165, 1.54) is 30.3 Å². The Morgan fingerprint density at radius 3 is 1.86 bits per heavy atom. The van der Waals surface area contributed by atoms with Crippen molar-refractivity contribution in [3.05, 3.63) is 42.5 Å². The molecule has 0 heterocycles. The number of phenolic OH excluding ortho intramolecular Hbond substituents is 1. The fourth-order valence-corrected chi connectivity index (χ4v) is 3.42. The van der Waals surface area contributed by atoms with Gasteiger partial charge in [0.05, 0.1) is 0 Å². The van der Waals surface area contributed by atoms with E-state index in [9.17, 15) is 31.0 Å². The number of benzene rings is 2. The minimum atomic E-state index is -4.80. The molecule has 0 saturated heterocycles. The van der Waals surface area contributed by atoms with Gasteiger partial charge in [0.1, 0.15) is 15.5 Å². The number of aromatic hydroxyl groups is 1. The molecular weight excluding hydrogens is 320 g/mol. The van der Waals surface area contributed by atoms with Gasteiger partial charge in [0.15, 0.2) is 0 Å². The molecule has 0 aliphatic rings. The van der Waals surface area contributed by atoms with E-state index in [0.29, 0.717) is 0 Å². The van der Waals surface area contributed by atoms with Gasteiger partial charge in [-0.1, -0.05) is 30.3 Å². The summed E-state index contributed by atoms with van der Waals surface area (Å²) in [7, 11) is -9.42. The number of phenols is 1. The van der Waals surface area contributed by atoms with Crippen LogP contribution in [0.4, 0.5) is 0 Å². The summed E-state index contributed by atoms with van der Waals surface area (Å²) in [5.74, 6) is -0.736. The van der Waals surface area contributed by atoms with Crippen LogP contribution < -0.4 is 0 Å². The highest BCUT2D eigenvalue weighted by Gasteiger charge is 2.25. The molecule has 0 fully saturated rings. The van der Waals surface area contributed by atoms with Crippen LogP contribution in [0.5, 0.6) is 5.75 Å². The molecule has 0 saturated carbocycles. The van der Waals surface area contributed by atoms with E-state index in [1.54, 1.807) is 0 Å². The van der Waals surface area contributed by atoms with Gasteiger partial charge >= 0.3 is 0 Å². The van der Waals surface area contributed by atoms with E-state index >= 15 is 0 Å². The minimum Gasteiger partial charge on any atom is -0.506 e. The third kappa shape index (κ3) is 3.05. The molecule has 2 aromatic rings. The van der Waals surface area contributed by atoms with E-state index in [2.05, 4.69) is 0 Å². The molecule has 0 aromatic heterocycles. The average Bonchev–Trinajstić information content (AvgIpc) is 2.36. The smallest absolute Gasteiger partial charge is 0.298 e. The lowest BCUT2D eigenvalue weighted by Gasteiger charge is -2.11. The van der Waals surface area contributed by atoms with E-state index in [-0.39, 0.29) is 11.1 Å². The van der Waals surface area contributed by atoms with Gasteiger partial charge in [-0.15, -0.1) is 0 Å². The van der Waals surface area contributed by atoms with E-state index in [4.69, 9.17) is 0 Å². The minimum absolute atomic E-state index is 0.163. The van der Waals surface area contributed by atoms with Crippen LogP contribution in [-0.2, 0) is 20.2 Å². The standard InChI is InChI=1S/C12H10O7S2/c13-10-6-3-5-9(12(10)21(17,18)19)8-4-1-2-7-11(8)20(14,15)16/h1-7,13H,(H,14,15,16)(H,17,18,19). The first-order chi connectivity index (χ1) is 9.62. The van der Waals surface area contributed by atoms with Crippen molar-refractivity contribution >= 4 is 20.2 Å². The van der Waals surface area contributed by atoms with E-state index in [1.807, 2.05) is 0 Å². The molecule has 0 aliphatic heterocycles. The van der Waals surface area contributed by atoms with Crippen molar-refractivity contribution in [3.8, 4) is 16.9 Å². The van der Waals surface area contributed by atoms with Gasteiger partial charge in [-0.25, -0.2) is 0 Å². The highest BCUT2D eigenvalue weighted by molar-refractivity contribution is 7.86. The lowest BCUT2D eigenvalue weighted by Crippen LogP contribution is -2.05. The maximum atomic E-state index is 11.4. The quantitative estimate of drug-likeness (QED) is 0.728. The number of rotatable bonds is 3. The van der Waals surface area contributed by atoms with Crippen molar-refractivity contribution in [1.29, 1.82) is 0 Å². The molecule has 0 aliphatic carbocycles. The molecule has 0 radical (unpaired) electrons. The second kappa shape index (κ2) is 5.11. The van der Waals surface area contributed by atoms with Gasteiger partial charge in [-0.2, -0.15) is 16.8 Å².